The molecule has 1 aliphatic rings. The summed E-state index contributed by atoms with van der Waals surface area (Å²) in [6.45, 7) is 0. The van der Waals surface area contributed by atoms with Crippen LogP contribution >= 0.6 is 0 Å². The van der Waals surface area contributed by atoms with Gasteiger partial charge in [0.25, 0.3) is 5.91 Å². The molecule has 1 aliphatic carbocycles. The maximum atomic E-state index is 12.8. The number of nitrogens with two attached hydrogens (primary N) is 1. The minimum absolute atomic E-state index is 0.201. The van der Waals surface area contributed by atoms with Crippen molar-refractivity contribution in [2.24, 2.45) is 5.73 Å². The maximum absolute atomic E-state index is 12.8. The number of amides is 1. The van der Waals surface area contributed by atoms with E-state index in [0.717, 1.165) is 12.0 Å². The van der Waals surface area contributed by atoms with Gasteiger partial charge < -0.3 is 11.1 Å². The van der Waals surface area contributed by atoms with Crippen LogP contribution in [-0.4, -0.2) is 11.9 Å². The van der Waals surface area contributed by atoms with Crippen LogP contribution in [0.4, 0.5) is 10.1 Å². The lowest BCUT2D eigenvalue weighted by Gasteiger charge is -2.07. The number of benzene rings is 2. The Hall–Kier alpha value is -2.20. The predicted molar refractivity (Wildman–Crippen MR) is 76.1 cm³/mol. The lowest BCUT2D eigenvalue weighted by molar-refractivity contribution is 0.102. The summed E-state index contributed by atoms with van der Waals surface area (Å²) >= 11 is 0. The van der Waals surface area contributed by atoms with Crippen LogP contribution in [0.5, 0.6) is 0 Å². The molecule has 0 radical (unpaired) electrons. The Balaban J connectivity index is 1.75. The van der Waals surface area contributed by atoms with Crippen LogP contribution in [0.1, 0.15) is 28.3 Å². The Morgan fingerprint density at radius 1 is 1.20 bits per heavy atom. The molecule has 0 bridgehead atoms. The zero-order chi connectivity index (χ0) is 14.1. The van der Waals surface area contributed by atoms with Crippen LogP contribution in [0, 0.1) is 5.82 Å². The van der Waals surface area contributed by atoms with Gasteiger partial charge in [0.2, 0.25) is 0 Å². The molecule has 0 saturated heterocycles. The minimum Gasteiger partial charge on any atom is -0.327 e. The van der Waals surface area contributed by atoms with E-state index >= 15 is 0 Å². The van der Waals surface area contributed by atoms with E-state index in [1.807, 2.05) is 18.2 Å². The number of hydrogen-bond donors (Lipinski definition) is 2. The SMILES string of the molecule is NC1CC1c1cccc(C(=O)Nc2ccc(F)cc2)c1. The third kappa shape index (κ3) is 2.70. The third-order valence-electron chi connectivity index (χ3n) is 3.52. The predicted octanol–water partition coefficient (Wildman–Crippen LogP) is 2.89. The monoisotopic (exact) mass is 270 g/mol. The second-order valence-electron chi connectivity index (χ2n) is 5.09. The highest BCUT2D eigenvalue weighted by atomic mass is 19.1. The lowest BCUT2D eigenvalue weighted by atomic mass is 10.1. The molecule has 20 heavy (non-hydrogen) atoms. The quantitative estimate of drug-likeness (QED) is 0.901. The first-order chi connectivity index (χ1) is 9.63. The van der Waals surface area contributed by atoms with Crippen LogP contribution in [0.25, 0.3) is 0 Å². The van der Waals surface area contributed by atoms with Crippen LogP contribution in [0.3, 0.4) is 0 Å². The summed E-state index contributed by atoms with van der Waals surface area (Å²) in [6, 6.07) is 13.4. The largest absolute Gasteiger partial charge is 0.327 e. The van der Waals surface area contributed by atoms with Crippen molar-refractivity contribution in [1.29, 1.82) is 0 Å². The highest BCUT2D eigenvalue weighted by Crippen LogP contribution is 2.39. The lowest BCUT2D eigenvalue weighted by Crippen LogP contribution is -2.12. The number of halogens is 1. The molecule has 4 heteroatoms. The molecule has 0 aliphatic heterocycles. The van der Waals surface area contributed by atoms with Gasteiger partial charge in [0.1, 0.15) is 5.82 Å². The van der Waals surface area contributed by atoms with Gasteiger partial charge in [-0.05, 0) is 48.4 Å². The molecule has 0 spiro atoms. The molecular weight excluding hydrogens is 255 g/mol. The normalized spacial score (nSPS) is 20.5. The van der Waals surface area contributed by atoms with Crippen molar-refractivity contribution in [3.05, 3.63) is 65.5 Å². The Labute approximate surface area is 116 Å². The van der Waals surface area contributed by atoms with Gasteiger partial charge in [0, 0.05) is 23.2 Å². The molecule has 1 fully saturated rings. The molecule has 3 N–H and O–H groups in total. The van der Waals surface area contributed by atoms with E-state index in [-0.39, 0.29) is 17.8 Å². The number of hydrogen-bond acceptors (Lipinski definition) is 2. The summed E-state index contributed by atoms with van der Waals surface area (Å²) in [5.74, 6) is -0.158. The first-order valence-corrected chi connectivity index (χ1v) is 6.56. The van der Waals surface area contributed by atoms with Crippen molar-refractivity contribution in [2.45, 2.75) is 18.4 Å². The van der Waals surface area contributed by atoms with E-state index in [1.54, 1.807) is 6.07 Å². The zero-order valence-electron chi connectivity index (χ0n) is 10.8. The van der Waals surface area contributed by atoms with Gasteiger partial charge in [-0.15, -0.1) is 0 Å². The van der Waals surface area contributed by atoms with E-state index < -0.39 is 0 Å². The molecular formula is C16H15FN2O. The molecule has 2 aromatic carbocycles. The van der Waals surface area contributed by atoms with Gasteiger partial charge in [-0.2, -0.15) is 0 Å². The van der Waals surface area contributed by atoms with Crippen LogP contribution < -0.4 is 11.1 Å². The standard InChI is InChI=1S/C16H15FN2O/c17-12-4-6-13(7-5-12)19-16(20)11-3-1-2-10(8-11)14-9-15(14)18/h1-8,14-15H,9,18H2,(H,19,20). The van der Waals surface area contributed by atoms with E-state index in [2.05, 4.69) is 5.32 Å². The number of carbonyl (C=O) groups excluding carboxylic acids is 1. The minimum atomic E-state index is -0.326. The summed E-state index contributed by atoms with van der Waals surface area (Å²) in [7, 11) is 0. The highest BCUT2D eigenvalue weighted by molar-refractivity contribution is 6.04. The first-order valence-electron chi connectivity index (χ1n) is 6.56. The summed E-state index contributed by atoms with van der Waals surface area (Å²) in [6.07, 6.45) is 0.975. The third-order valence-corrected chi connectivity index (χ3v) is 3.52. The van der Waals surface area contributed by atoms with Gasteiger partial charge in [-0.3, -0.25) is 4.79 Å². The van der Waals surface area contributed by atoms with Gasteiger partial charge in [0.05, 0.1) is 0 Å². The Bertz CT molecular complexity index is 639. The second-order valence-corrected chi connectivity index (χ2v) is 5.09. The zero-order valence-corrected chi connectivity index (χ0v) is 10.8. The van der Waals surface area contributed by atoms with E-state index in [9.17, 15) is 9.18 Å². The molecule has 1 saturated carbocycles. The van der Waals surface area contributed by atoms with Crippen molar-refractivity contribution in [1.82, 2.24) is 0 Å². The van der Waals surface area contributed by atoms with Gasteiger partial charge in [0.15, 0.2) is 0 Å². The number of nitrogens with one attached hydrogen (secondary N) is 1. The number of rotatable bonds is 3. The average Bonchev–Trinajstić information content (AvgIpc) is 3.19. The molecule has 1 amide bonds. The molecule has 0 aromatic heterocycles. The fourth-order valence-corrected chi connectivity index (χ4v) is 2.24. The van der Waals surface area contributed by atoms with Crippen molar-refractivity contribution < 1.29 is 9.18 Å². The smallest absolute Gasteiger partial charge is 0.255 e. The maximum Gasteiger partial charge on any atom is 0.255 e. The summed E-state index contributed by atoms with van der Waals surface area (Å²) in [5.41, 5.74) is 8.09. The van der Waals surface area contributed by atoms with Crippen LogP contribution in [0.2, 0.25) is 0 Å². The van der Waals surface area contributed by atoms with Gasteiger partial charge in [-0.25, -0.2) is 4.39 Å². The van der Waals surface area contributed by atoms with Crippen LogP contribution in [0.15, 0.2) is 48.5 Å². The van der Waals surface area contributed by atoms with Crippen LogP contribution in [-0.2, 0) is 0 Å². The summed E-state index contributed by atoms with van der Waals surface area (Å²) < 4.78 is 12.8. The van der Waals surface area contributed by atoms with Crippen molar-refractivity contribution in [2.75, 3.05) is 5.32 Å². The molecule has 102 valence electrons. The molecule has 2 atom stereocenters. The Morgan fingerprint density at radius 3 is 2.55 bits per heavy atom. The van der Waals surface area contributed by atoms with E-state index in [0.29, 0.717) is 17.2 Å². The Morgan fingerprint density at radius 2 is 1.90 bits per heavy atom. The number of anilines is 1. The fourth-order valence-electron chi connectivity index (χ4n) is 2.24. The number of carbonyl (C=O) groups is 1. The van der Waals surface area contributed by atoms with Gasteiger partial charge in [-0.1, -0.05) is 12.1 Å². The molecule has 0 heterocycles. The highest BCUT2D eigenvalue weighted by Gasteiger charge is 2.34. The Kier molecular flexibility index (Phi) is 3.24. The molecule has 3 nitrogen and oxygen atoms in total. The van der Waals surface area contributed by atoms with Gasteiger partial charge >= 0.3 is 0 Å². The summed E-state index contributed by atoms with van der Waals surface area (Å²) in [4.78, 5) is 12.1. The van der Waals surface area contributed by atoms with E-state index in [1.165, 1.54) is 24.3 Å². The second kappa shape index (κ2) is 5.06. The van der Waals surface area contributed by atoms with Crippen molar-refractivity contribution >= 4 is 11.6 Å². The van der Waals surface area contributed by atoms with Crippen molar-refractivity contribution in [3.8, 4) is 0 Å². The molecule has 3 rings (SSSR count). The van der Waals surface area contributed by atoms with Crippen molar-refractivity contribution in [3.63, 3.8) is 0 Å². The summed E-state index contributed by atoms with van der Waals surface area (Å²) in [5, 5.41) is 2.75. The molecule has 2 unspecified atom stereocenters. The topological polar surface area (TPSA) is 55.1 Å². The first kappa shape index (κ1) is 12.8. The molecule has 2 aromatic rings. The fraction of sp³-hybridized carbons (Fsp3) is 0.188. The van der Waals surface area contributed by atoms with E-state index in [4.69, 9.17) is 5.73 Å². The average molecular weight is 270 g/mol.